The molecule has 0 bridgehead atoms. The summed E-state index contributed by atoms with van der Waals surface area (Å²) < 4.78 is 0. The molecular formula is C19H23N5O. The average molecular weight is 337 g/mol. The minimum atomic E-state index is 0.000373. The second-order valence-corrected chi connectivity index (χ2v) is 7.03. The van der Waals surface area contributed by atoms with E-state index in [4.69, 9.17) is 0 Å². The molecule has 1 spiro atoms. The van der Waals surface area contributed by atoms with E-state index in [1.807, 2.05) is 23.4 Å². The van der Waals surface area contributed by atoms with Crippen molar-refractivity contribution in [1.29, 1.82) is 0 Å². The molecule has 0 saturated carbocycles. The third-order valence-electron chi connectivity index (χ3n) is 5.46. The van der Waals surface area contributed by atoms with E-state index >= 15 is 0 Å². The SMILES string of the molecule is O=C(c1cnccn1)N1CCC[C@@]2(CCCN2Cc2cccnc2)C1. The molecule has 25 heavy (non-hydrogen) atoms. The summed E-state index contributed by atoms with van der Waals surface area (Å²) in [7, 11) is 0. The van der Waals surface area contributed by atoms with Crippen molar-refractivity contribution in [3.63, 3.8) is 0 Å². The first-order valence-corrected chi connectivity index (χ1v) is 8.96. The second-order valence-electron chi connectivity index (χ2n) is 7.03. The summed E-state index contributed by atoms with van der Waals surface area (Å²) in [4.78, 5) is 29.8. The van der Waals surface area contributed by atoms with E-state index in [9.17, 15) is 4.79 Å². The molecule has 2 aromatic heterocycles. The number of aromatic nitrogens is 3. The second kappa shape index (κ2) is 6.88. The number of likely N-dealkylation sites (tertiary alicyclic amines) is 2. The van der Waals surface area contributed by atoms with E-state index in [0.717, 1.165) is 45.4 Å². The molecular weight excluding hydrogens is 314 g/mol. The fourth-order valence-corrected chi connectivity index (χ4v) is 4.27. The van der Waals surface area contributed by atoms with Crippen LogP contribution >= 0.6 is 0 Å². The first-order valence-electron chi connectivity index (χ1n) is 8.96. The van der Waals surface area contributed by atoms with Crippen LogP contribution in [0.15, 0.2) is 43.1 Å². The number of hydrogen-bond donors (Lipinski definition) is 0. The van der Waals surface area contributed by atoms with Crippen LogP contribution in [0.1, 0.15) is 41.7 Å². The Kier molecular flexibility index (Phi) is 4.44. The van der Waals surface area contributed by atoms with Gasteiger partial charge in [-0.2, -0.15) is 0 Å². The normalized spacial score (nSPS) is 23.9. The summed E-state index contributed by atoms with van der Waals surface area (Å²) in [6.45, 7) is 3.57. The third-order valence-corrected chi connectivity index (χ3v) is 5.46. The van der Waals surface area contributed by atoms with Crippen LogP contribution in [0, 0.1) is 0 Å². The zero-order valence-corrected chi connectivity index (χ0v) is 14.3. The lowest BCUT2D eigenvalue weighted by Gasteiger charge is -2.46. The van der Waals surface area contributed by atoms with E-state index in [1.165, 1.54) is 12.0 Å². The van der Waals surface area contributed by atoms with Crippen molar-refractivity contribution in [3.05, 3.63) is 54.4 Å². The van der Waals surface area contributed by atoms with Crippen molar-refractivity contribution in [2.45, 2.75) is 37.8 Å². The molecule has 6 nitrogen and oxygen atoms in total. The van der Waals surface area contributed by atoms with Gasteiger partial charge in [-0.15, -0.1) is 0 Å². The lowest BCUT2D eigenvalue weighted by molar-refractivity contribution is 0.0292. The number of piperidine rings is 1. The number of amides is 1. The zero-order valence-electron chi connectivity index (χ0n) is 14.3. The largest absolute Gasteiger partial charge is 0.335 e. The molecule has 0 aromatic carbocycles. The molecule has 4 heterocycles. The van der Waals surface area contributed by atoms with Gasteiger partial charge < -0.3 is 4.90 Å². The zero-order chi connectivity index (χ0) is 17.1. The van der Waals surface area contributed by atoms with Gasteiger partial charge in [0.25, 0.3) is 5.91 Å². The number of rotatable bonds is 3. The Bertz CT molecular complexity index is 723. The van der Waals surface area contributed by atoms with E-state index in [1.54, 1.807) is 18.6 Å². The van der Waals surface area contributed by atoms with Crippen molar-refractivity contribution >= 4 is 5.91 Å². The third kappa shape index (κ3) is 3.26. The lowest BCUT2D eigenvalue weighted by atomic mass is 9.86. The Labute approximate surface area is 147 Å². The average Bonchev–Trinajstić information content (AvgIpc) is 3.04. The first-order chi connectivity index (χ1) is 12.3. The fourth-order valence-electron chi connectivity index (χ4n) is 4.27. The number of carbonyl (C=O) groups is 1. The monoisotopic (exact) mass is 337 g/mol. The Morgan fingerprint density at radius 2 is 1.92 bits per heavy atom. The predicted molar refractivity (Wildman–Crippen MR) is 93.8 cm³/mol. The van der Waals surface area contributed by atoms with E-state index in [-0.39, 0.29) is 11.4 Å². The minimum absolute atomic E-state index is 0.000373. The lowest BCUT2D eigenvalue weighted by Crippen LogP contribution is -2.56. The first kappa shape index (κ1) is 16.1. The summed E-state index contributed by atoms with van der Waals surface area (Å²) in [5.41, 5.74) is 1.77. The molecule has 130 valence electrons. The maximum Gasteiger partial charge on any atom is 0.274 e. The number of pyridine rings is 1. The maximum atomic E-state index is 12.8. The van der Waals surface area contributed by atoms with Gasteiger partial charge in [0.2, 0.25) is 0 Å². The van der Waals surface area contributed by atoms with Gasteiger partial charge in [-0.3, -0.25) is 19.7 Å². The molecule has 2 saturated heterocycles. The highest BCUT2D eigenvalue weighted by atomic mass is 16.2. The van der Waals surface area contributed by atoms with E-state index in [0.29, 0.717) is 5.69 Å². The highest BCUT2D eigenvalue weighted by Crippen LogP contribution is 2.38. The van der Waals surface area contributed by atoms with Gasteiger partial charge in [-0.25, -0.2) is 4.98 Å². The summed E-state index contributed by atoms with van der Waals surface area (Å²) in [6, 6.07) is 4.12. The quantitative estimate of drug-likeness (QED) is 0.859. The van der Waals surface area contributed by atoms with Crippen LogP contribution in [0.3, 0.4) is 0 Å². The molecule has 4 rings (SSSR count). The molecule has 6 heteroatoms. The Morgan fingerprint density at radius 3 is 2.68 bits per heavy atom. The van der Waals surface area contributed by atoms with E-state index in [2.05, 4.69) is 25.9 Å². The number of carbonyl (C=O) groups excluding carboxylic acids is 1. The van der Waals surface area contributed by atoms with Crippen molar-refractivity contribution in [2.75, 3.05) is 19.6 Å². The summed E-state index contributed by atoms with van der Waals surface area (Å²) in [5.74, 6) is 0.000373. The molecule has 1 amide bonds. The van der Waals surface area contributed by atoms with Gasteiger partial charge in [-0.05, 0) is 43.9 Å². The van der Waals surface area contributed by atoms with E-state index < -0.39 is 0 Å². The Morgan fingerprint density at radius 1 is 1.08 bits per heavy atom. The molecule has 0 N–H and O–H groups in total. The van der Waals surface area contributed by atoms with Crippen LogP contribution in [0.25, 0.3) is 0 Å². The number of nitrogens with zero attached hydrogens (tertiary/aromatic N) is 5. The Hall–Kier alpha value is -2.34. The van der Waals surface area contributed by atoms with Gasteiger partial charge in [-0.1, -0.05) is 6.07 Å². The van der Waals surface area contributed by atoms with Crippen molar-refractivity contribution in [3.8, 4) is 0 Å². The fraction of sp³-hybridized carbons (Fsp3) is 0.474. The van der Waals surface area contributed by atoms with Gasteiger partial charge in [0.05, 0.1) is 6.20 Å². The van der Waals surface area contributed by atoms with Crippen LogP contribution in [0.4, 0.5) is 0 Å². The molecule has 2 fully saturated rings. The molecule has 0 unspecified atom stereocenters. The molecule has 1 atom stereocenters. The van der Waals surface area contributed by atoms with Gasteiger partial charge in [0.1, 0.15) is 5.69 Å². The van der Waals surface area contributed by atoms with Gasteiger partial charge in [0.15, 0.2) is 0 Å². The number of hydrogen-bond acceptors (Lipinski definition) is 5. The minimum Gasteiger partial charge on any atom is -0.335 e. The molecule has 2 aliphatic heterocycles. The standard InChI is InChI=1S/C19H23N5O/c25-18(17-13-21-8-9-22-17)23-10-2-5-19(15-23)6-3-11-24(19)14-16-4-1-7-20-12-16/h1,4,7-9,12-13H,2-3,5-6,10-11,14-15H2/t19-/m1/s1. The summed E-state index contributed by atoms with van der Waals surface area (Å²) >= 11 is 0. The topological polar surface area (TPSA) is 62.2 Å². The smallest absolute Gasteiger partial charge is 0.274 e. The summed E-state index contributed by atoms with van der Waals surface area (Å²) in [6.07, 6.45) is 13.0. The Balaban J connectivity index is 1.51. The summed E-state index contributed by atoms with van der Waals surface area (Å²) in [5, 5.41) is 0. The maximum absolute atomic E-state index is 12.8. The van der Waals surface area contributed by atoms with Crippen molar-refractivity contribution in [2.24, 2.45) is 0 Å². The van der Waals surface area contributed by atoms with Crippen LogP contribution < -0.4 is 0 Å². The van der Waals surface area contributed by atoms with Crippen molar-refractivity contribution in [1.82, 2.24) is 24.8 Å². The van der Waals surface area contributed by atoms with Crippen LogP contribution in [0.2, 0.25) is 0 Å². The molecule has 2 aliphatic rings. The molecule has 0 radical (unpaired) electrons. The van der Waals surface area contributed by atoms with Gasteiger partial charge in [0, 0.05) is 50.0 Å². The highest BCUT2D eigenvalue weighted by Gasteiger charge is 2.44. The molecule has 2 aromatic rings. The molecule has 0 aliphatic carbocycles. The van der Waals surface area contributed by atoms with Crippen LogP contribution in [-0.2, 0) is 6.54 Å². The van der Waals surface area contributed by atoms with Crippen LogP contribution in [-0.4, -0.2) is 55.8 Å². The van der Waals surface area contributed by atoms with Crippen LogP contribution in [0.5, 0.6) is 0 Å². The van der Waals surface area contributed by atoms with Crippen molar-refractivity contribution < 1.29 is 4.79 Å². The predicted octanol–water partition coefficient (Wildman–Crippen LogP) is 2.14. The van der Waals surface area contributed by atoms with Gasteiger partial charge >= 0.3 is 0 Å². The highest BCUT2D eigenvalue weighted by molar-refractivity contribution is 5.92.